The molecule has 0 bridgehead atoms. The Hall–Kier alpha value is -2.18. The lowest BCUT2D eigenvalue weighted by Crippen LogP contribution is -2.35. The number of amides is 1. The molecule has 6 heteroatoms. The van der Waals surface area contributed by atoms with Crippen LogP contribution in [-0.2, 0) is 14.8 Å². The minimum Gasteiger partial charge on any atom is -0.326 e. The first-order chi connectivity index (χ1) is 13.5. The number of benzene rings is 2. The van der Waals surface area contributed by atoms with Crippen LogP contribution in [0.4, 0.5) is 5.69 Å². The lowest BCUT2D eigenvalue weighted by Gasteiger charge is -2.26. The zero-order chi connectivity index (χ0) is 20.0. The fourth-order valence-corrected chi connectivity index (χ4v) is 5.13. The van der Waals surface area contributed by atoms with E-state index in [4.69, 9.17) is 0 Å². The Kier molecular flexibility index (Phi) is 6.86. The molecule has 1 fully saturated rings. The van der Waals surface area contributed by atoms with E-state index in [1.54, 1.807) is 28.6 Å². The van der Waals surface area contributed by atoms with Gasteiger partial charge >= 0.3 is 0 Å². The Bertz CT molecular complexity index is 874. The monoisotopic (exact) mass is 400 g/mol. The molecule has 1 heterocycles. The summed E-state index contributed by atoms with van der Waals surface area (Å²) < 4.78 is 27.0. The molecule has 1 amide bonds. The average molecular weight is 401 g/mol. The summed E-state index contributed by atoms with van der Waals surface area (Å²) in [4.78, 5) is 13.1. The van der Waals surface area contributed by atoms with Gasteiger partial charge in [-0.2, -0.15) is 4.31 Å². The number of piperidine rings is 1. The molecule has 0 unspecified atom stereocenters. The number of nitrogens with zero attached hydrogens (tertiary/aromatic N) is 1. The highest BCUT2D eigenvalue weighted by Crippen LogP contribution is 2.25. The topological polar surface area (TPSA) is 66.5 Å². The Balaban J connectivity index is 1.71. The third kappa shape index (κ3) is 4.80. The van der Waals surface area contributed by atoms with E-state index in [-0.39, 0.29) is 16.7 Å². The van der Waals surface area contributed by atoms with Crippen LogP contribution in [0, 0.1) is 0 Å². The minimum atomic E-state index is -3.45. The zero-order valence-electron chi connectivity index (χ0n) is 16.3. The Morgan fingerprint density at radius 3 is 2.25 bits per heavy atom. The number of anilines is 1. The molecule has 2 aromatic carbocycles. The van der Waals surface area contributed by atoms with Crippen LogP contribution in [0.2, 0.25) is 0 Å². The van der Waals surface area contributed by atoms with Gasteiger partial charge in [-0.15, -0.1) is 0 Å². The van der Waals surface area contributed by atoms with Crippen molar-refractivity contribution in [2.45, 2.75) is 49.8 Å². The molecule has 1 N–H and O–H groups in total. The van der Waals surface area contributed by atoms with Crippen molar-refractivity contribution < 1.29 is 13.2 Å². The van der Waals surface area contributed by atoms with E-state index in [1.165, 1.54) is 0 Å². The zero-order valence-corrected chi connectivity index (χ0v) is 17.1. The average Bonchev–Trinajstić information content (AvgIpc) is 2.73. The van der Waals surface area contributed by atoms with Gasteiger partial charge in [-0.25, -0.2) is 8.42 Å². The maximum absolute atomic E-state index is 12.8. The molecule has 1 aliphatic rings. The Morgan fingerprint density at radius 1 is 1.00 bits per heavy atom. The molecule has 5 nitrogen and oxygen atoms in total. The van der Waals surface area contributed by atoms with E-state index in [1.807, 2.05) is 30.3 Å². The standard InChI is InChI=1S/C22H28N2O3S/c1-2-9-21(18-10-5-3-6-11-18)22(25)23-19-12-14-20(15-13-19)28(26,27)24-16-7-4-8-17-24/h3,5-6,10-15,21H,2,4,7-9,16-17H2,1H3,(H,23,25)/t21-/m0/s1. The van der Waals surface area contributed by atoms with Crippen LogP contribution in [0.3, 0.4) is 0 Å². The predicted octanol–water partition coefficient (Wildman–Crippen LogP) is 4.38. The summed E-state index contributed by atoms with van der Waals surface area (Å²) in [6.07, 6.45) is 4.56. The molecule has 0 aliphatic carbocycles. The fourth-order valence-electron chi connectivity index (χ4n) is 3.62. The quantitative estimate of drug-likeness (QED) is 0.750. The van der Waals surface area contributed by atoms with Crippen molar-refractivity contribution in [1.82, 2.24) is 4.31 Å². The third-order valence-corrected chi connectivity index (χ3v) is 7.08. The summed E-state index contributed by atoms with van der Waals surface area (Å²) in [5, 5.41) is 2.94. The van der Waals surface area contributed by atoms with Gasteiger partial charge in [0.1, 0.15) is 0 Å². The highest BCUT2D eigenvalue weighted by molar-refractivity contribution is 7.89. The fraction of sp³-hybridized carbons (Fsp3) is 0.409. The van der Waals surface area contributed by atoms with Crippen LogP contribution in [0.15, 0.2) is 59.5 Å². The van der Waals surface area contributed by atoms with Crippen molar-refractivity contribution in [2.24, 2.45) is 0 Å². The lowest BCUT2D eigenvalue weighted by atomic mass is 9.93. The minimum absolute atomic E-state index is 0.0697. The first-order valence-corrected chi connectivity index (χ1v) is 11.4. The van der Waals surface area contributed by atoms with Crippen LogP contribution >= 0.6 is 0 Å². The second-order valence-electron chi connectivity index (χ2n) is 7.23. The van der Waals surface area contributed by atoms with Crippen molar-refractivity contribution in [3.63, 3.8) is 0 Å². The summed E-state index contributed by atoms with van der Waals surface area (Å²) in [5.41, 5.74) is 1.60. The molecule has 1 saturated heterocycles. The van der Waals surface area contributed by atoms with Crippen molar-refractivity contribution in [3.05, 3.63) is 60.2 Å². The first-order valence-electron chi connectivity index (χ1n) is 9.98. The summed E-state index contributed by atoms with van der Waals surface area (Å²) in [7, 11) is -3.45. The summed E-state index contributed by atoms with van der Waals surface area (Å²) in [6, 6.07) is 16.2. The van der Waals surface area contributed by atoms with Crippen LogP contribution in [-0.4, -0.2) is 31.7 Å². The van der Waals surface area contributed by atoms with Crippen molar-refractivity contribution in [2.75, 3.05) is 18.4 Å². The second-order valence-corrected chi connectivity index (χ2v) is 9.17. The molecule has 1 atom stereocenters. The number of sulfonamides is 1. The highest BCUT2D eigenvalue weighted by Gasteiger charge is 2.26. The van der Waals surface area contributed by atoms with Gasteiger partial charge in [-0.1, -0.05) is 50.1 Å². The number of carbonyl (C=O) groups is 1. The van der Waals surface area contributed by atoms with Gasteiger partial charge in [0, 0.05) is 18.8 Å². The molecule has 28 heavy (non-hydrogen) atoms. The molecule has 2 aromatic rings. The predicted molar refractivity (Wildman–Crippen MR) is 112 cm³/mol. The Morgan fingerprint density at radius 2 is 1.64 bits per heavy atom. The smallest absolute Gasteiger partial charge is 0.243 e. The van der Waals surface area contributed by atoms with Gasteiger partial charge in [0.25, 0.3) is 0 Å². The van der Waals surface area contributed by atoms with Gasteiger partial charge in [-0.05, 0) is 49.1 Å². The molecule has 150 valence electrons. The highest BCUT2D eigenvalue weighted by atomic mass is 32.2. The van der Waals surface area contributed by atoms with Crippen LogP contribution < -0.4 is 5.32 Å². The van der Waals surface area contributed by atoms with Crippen molar-refractivity contribution in [3.8, 4) is 0 Å². The number of hydrogen-bond acceptors (Lipinski definition) is 3. The normalized spacial score (nSPS) is 16.5. The van der Waals surface area contributed by atoms with Crippen molar-refractivity contribution >= 4 is 21.6 Å². The molecular formula is C22H28N2O3S. The van der Waals surface area contributed by atoms with E-state index in [0.717, 1.165) is 37.7 Å². The lowest BCUT2D eigenvalue weighted by molar-refractivity contribution is -0.117. The maximum Gasteiger partial charge on any atom is 0.243 e. The van der Waals surface area contributed by atoms with E-state index >= 15 is 0 Å². The largest absolute Gasteiger partial charge is 0.326 e. The van der Waals surface area contributed by atoms with Crippen LogP contribution in [0.1, 0.15) is 50.5 Å². The molecule has 0 radical (unpaired) electrons. The van der Waals surface area contributed by atoms with Gasteiger partial charge < -0.3 is 5.32 Å². The number of rotatable bonds is 7. The molecule has 0 saturated carbocycles. The van der Waals surface area contributed by atoms with E-state index < -0.39 is 10.0 Å². The van der Waals surface area contributed by atoms with Crippen LogP contribution in [0.25, 0.3) is 0 Å². The van der Waals surface area contributed by atoms with Gasteiger partial charge in [0.2, 0.25) is 15.9 Å². The summed E-state index contributed by atoms with van der Waals surface area (Å²) in [6.45, 7) is 3.22. The van der Waals surface area contributed by atoms with Gasteiger partial charge in [-0.3, -0.25) is 4.79 Å². The molecular weight excluding hydrogens is 372 g/mol. The Labute approximate surface area is 167 Å². The van der Waals surface area contributed by atoms with E-state index in [9.17, 15) is 13.2 Å². The third-order valence-electron chi connectivity index (χ3n) is 5.17. The maximum atomic E-state index is 12.8. The number of nitrogens with one attached hydrogen (secondary N) is 1. The SMILES string of the molecule is CCC[C@H](C(=O)Nc1ccc(S(=O)(=O)N2CCCCC2)cc1)c1ccccc1. The molecule has 0 spiro atoms. The molecule has 3 rings (SSSR count). The molecule has 1 aliphatic heterocycles. The van der Waals surface area contributed by atoms with Crippen molar-refractivity contribution in [1.29, 1.82) is 0 Å². The van der Waals surface area contributed by atoms with Crippen LogP contribution in [0.5, 0.6) is 0 Å². The number of carbonyl (C=O) groups excluding carboxylic acids is 1. The summed E-state index contributed by atoms with van der Waals surface area (Å²) in [5.74, 6) is -0.289. The van der Waals surface area contributed by atoms with E-state index in [0.29, 0.717) is 18.8 Å². The first kappa shape index (κ1) is 20.6. The summed E-state index contributed by atoms with van der Waals surface area (Å²) >= 11 is 0. The second kappa shape index (κ2) is 9.34. The van der Waals surface area contributed by atoms with E-state index in [2.05, 4.69) is 12.2 Å². The number of hydrogen-bond donors (Lipinski definition) is 1. The van der Waals surface area contributed by atoms with Gasteiger partial charge in [0.05, 0.1) is 10.8 Å². The molecule has 0 aromatic heterocycles. The van der Waals surface area contributed by atoms with Gasteiger partial charge in [0.15, 0.2) is 0 Å².